The third-order valence-electron chi connectivity index (χ3n) is 2.91. The number of hydrogen-bond acceptors (Lipinski definition) is 2. The number of carbonyl (C=O) groups excluding carboxylic acids is 1. The molecule has 0 aromatic rings. The SMILES string of the molecule is C=CN1CCN(C(=O)C2=CC=CC2)CC1. The second-order valence-corrected chi connectivity index (χ2v) is 3.83. The van der Waals surface area contributed by atoms with Crippen LogP contribution in [0.3, 0.4) is 0 Å². The van der Waals surface area contributed by atoms with Gasteiger partial charge in [0.2, 0.25) is 5.91 Å². The van der Waals surface area contributed by atoms with Crippen molar-refractivity contribution >= 4 is 5.91 Å². The fourth-order valence-corrected chi connectivity index (χ4v) is 1.92. The molecule has 0 spiro atoms. The van der Waals surface area contributed by atoms with Crippen molar-refractivity contribution in [1.29, 1.82) is 0 Å². The van der Waals surface area contributed by atoms with E-state index in [-0.39, 0.29) is 5.91 Å². The van der Waals surface area contributed by atoms with Crippen LogP contribution >= 0.6 is 0 Å². The van der Waals surface area contributed by atoms with E-state index in [0.29, 0.717) is 0 Å². The normalized spacial score (nSPS) is 20.4. The van der Waals surface area contributed by atoms with Gasteiger partial charge in [-0.1, -0.05) is 24.8 Å². The van der Waals surface area contributed by atoms with Crippen LogP contribution in [0.25, 0.3) is 0 Å². The molecule has 0 aromatic heterocycles. The fraction of sp³-hybridized carbons (Fsp3) is 0.417. The van der Waals surface area contributed by atoms with Gasteiger partial charge in [0.25, 0.3) is 0 Å². The Kier molecular flexibility index (Phi) is 2.90. The molecule has 15 heavy (non-hydrogen) atoms. The first-order chi connectivity index (χ1) is 7.31. The molecule has 1 aliphatic carbocycles. The Morgan fingerprint density at radius 1 is 1.33 bits per heavy atom. The van der Waals surface area contributed by atoms with Crippen LogP contribution in [0.2, 0.25) is 0 Å². The van der Waals surface area contributed by atoms with Crippen molar-refractivity contribution in [3.05, 3.63) is 36.6 Å². The molecule has 2 rings (SSSR count). The van der Waals surface area contributed by atoms with E-state index in [1.165, 1.54) is 0 Å². The smallest absolute Gasteiger partial charge is 0.250 e. The van der Waals surface area contributed by atoms with Gasteiger partial charge >= 0.3 is 0 Å². The molecule has 2 aliphatic rings. The molecule has 0 bridgehead atoms. The summed E-state index contributed by atoms with van der Waals surface area (Å²) in [5, 5.41) is 0. The quantitative estimate of drug-likeness (QED) is 0.674. The standard InChI is InChI=1S/C12H16N2O/c1-2-13-7-9-14(10-8-13)12(15)11-5-3-4-6-11/h2-5H,1,6-10H2. The Labute approximate surface area is 90.4 Å². The maximum Gasteiger partial charge on any atom is 0.250 e. The molecule has 80 valence electrons. The van der Waals surface area contributed by atoms with E-state index in [1.807, 2.05) is 29.3 Å². The van der Waals surface area contributed by atoms with E-state index in [1.54, 1.807) is 0 Å². The molecule has 3 heteroatoms. The summed E-state index contributed by atoms with van der Waals surface area (Å²) in [6.07, 6.45) is 8.53. The van der Waals surface area contributed by atoms with E-state index in [2.05, 4.69) is 11.5 Å². The van der Waals surface area contributed by atoms with Gasteiger partial charge in [-0.2, -0.15) is 0 Å². The van der Waals surface area contributed by atoms with Gasteiger partial charge in [0.05, 0.1) is 0 Å². The van der Waals surface area contributed by atoms with Gasteiger partial charge in [-0.05, 0) is 12.6 Å². The number of amides is 1. The zero-order valence-corrected chi connectivity index (χ0v) is 8.85. The second-order valence-electron chi connectivity index (χ2n) is 3.83. The second kappa shape index (κ2) is 4.34. The first kappa shape index (κ1) is 10.0. The molecule has 0 unspecified atom stereocenters. The molecule has 1 saturated heterocycles. The highest BCUT2D eigenvalue weighted by Crippen LogP contribution is 2.15. The molecule has 1 fully saturated rings. The van der Waals surface area contributed by atoms with Gasteiger partial charge < -0.3 is 9.80 Å². The minimum atomic E-state index is 0.198. The first-order valence-electron chi connectivity index (χ1n) is 5.33. The molecule has 0 saturated carbocycles. The van der Waals surface area contributed by atoms with Crippen LogP contribution in [-0.4, -0.2) is 41.9 Å². The molecule has 0 aromatic carbocycles. The third kappa shape index (κ3) is 2.12. The molecule has 0 atom stereocenters. The van der Waals surface area contributed by atoms with Crippen LogP contribution in [0.1, 0.15) is 6.42 Å². The van der Waals surface area contributed by atoms with Gasteiger partial charge in [-0.3, -0.25) is 4.79 Å². The summed E-state index contributed by atoms with van der Waals surface area (Å²) >= 11 is 0. The van der Waals surface area contributed by atoms with E-state index < -0.39 is 0 Å². The van der Waals surface area contributed by atoms with Gasteiger partial charge in [0.15, 0.2) is 0 Å². The summed E-state index contributed by atoms with van der Waals surface area (Å²) in [5.74, 6) is 0.198. The van der Waals surface area contributed by atoms with E-state index >= 15 is 0 Å². The van der Waals surface area contributed by atoms with Crippen LogP contribution in [0, 0.1) is 0 Å². The number of hydrogen-bond donors (Lipinski definition) is 0. The van der Waals surface area contributed by atoms with E-state index in [4.69, 9.17) is 0 Å². The Hall–Kier alpha value is -1.51. The lowest BCUT2D eigenvalue weighted by Crippen LogP contribution is -2.47. The Bertz CT molecular complexity index is 323. The lowest BCUT2D eigenvalue weighted by Gasteiger charge is -2.34. The summed E-state index contributed by atoms with van der Waals surface area (Å²) < 4.78 is 0. The summed E-state index contributed by atoms with van der Waals surface area (Å²) in [7, 11) is 0. The highest BCUT2D eigenvalue weighted by atomic mass is 16.2. The minimum Gasteiger partial charge on any atom is -0.374 e. The first-order valence-corrected chi connectivity index (χ1v) is 5.33. The van der Waals surface area contributed by atoms with Crippen molar-refractivity contribution < 1.29 is 4.79 Å². The van der Waals surface area contributed by atoms with Crippen molar-refractivity contribution in [2.75, 3.05) is 26.2 Å². The van der Waals surface area contributed by atoms with E-state index in [9.17, 15) is 4.79 Å². The third-order valence-corrected chi connectivity index (χ3v) is 2.91. The predicted molar refractivity (Wildman–Crippen MR) is 60.2 cm³/mol. The van der Waals surface area contributed by atoms with Crippen LogP contribution in [0.15, 0.2) is 36.6 Å². The van der Waals surface area contributed by atoms with Crippen LogP contribution < -0.4 is 0 Å². The summed E-state index contributed by atoms with van der Waals surface area (Å²) in [4.78, 5) is 16.0. The Balaban J connectivity index is 1.90. The van der Waals surface area contributed by atoms with E-state index in [0.717, 1.165) is 38.2 Å². The average Bonchev–Trinajstić information content (AvgIpc) is 2.82. The molecule has 0 N–H and O–H groups in total. The highest BCUT2D eigenvalue weighted by molar-refractivity contribution is 5.94. The summed E-state index contributed by atoms with van der Waals surface area (Å²) in [6, 6.07) is 0. The van der Waals surface area contributed by atoms with Crippen molar-refractivity contribution in [2.24, 2.45) is 0 Å². The zero-order valence-electron chi connectivity index (χ0n) is 8.85. The van der Waals surface area contributed by atoms with Crippen LogP contribution in [-0.2, 0) is 4.79 Å². The number of carbonyl (C=O) groups is 1. The van der Waals surface area contributed by atoms with Crippen molar-refractivity contribution in [3.63, 3.8) is 0 Å². The van der Waals surface area contributed by atoms with Gasteiger partial charge in [-0.15, -0.1) is 0 Å². The predicted octanol–water partition coefficient (Wildman–Crippen LogP) is 1.16. The largest absolute Gasteiger partial charge is 0.374 e. The monoisotopic (exact) mass is 204 g/mol. The summed E-state index contributed by atoms with van der Waals surface area (Å²) in [5.41, 5.74) is 0.919. The number of nitrogens with zero attached hydrogens (tertiary/aromatic N) is 2. The van der Waals surface area contributed by atoms with Crippen LogP contribution in [0.5, 0.6) is 0 Å². The number of allylic oxidation sites excluding steroid dienone is 3. The molecule has 1 aliphatic heterocycles. The lowest BCUT2D eigenvalue weighted by molar-refractivity contribution is -0.128. The number of piperazine rings is 1. The minimum absolute atomic E-state index is 0.198. The molecule has 0 radical (unpaired) electrons. The highest BCUT2D eigenvalue weighted by Gasteiger charge is 2.21. The zero-order chi connectivity index (χ0) is 10.7. The molecular weight excluding hydrogens is 188 g/mol. The van der Waals surface area contributed by atoms with Crippen molar-refractivity contribution in [1.82, 2.24) is 9.80 Å². The molecule has 1 amide bonds. The lowest BCUT2D eigenvalue weighted by atomic mass is 10.2. The van der Waals surface area contributed by atoms with Gasteiger partial charge in [0, 0.05) is 31.8 Å². The maximum absolute atomic E-state index is 12.0. The Morgan fingerprint density at radius 2 is 2.07 bits per heavy atom. The summed E-state index contributed by atoms with van der Waals surface area (Å²) in [6.45, 7) is 7.15. The Morgan fingerprint density at radius 3 is 2.60 bits per heavy atom. The molecular formula is C12H16N2O. The maximum atomic E-state index is 12.0. The van der Waals surface area contributed by atoms with Gasteiger partial charge in [-0.25, -0.2) is 0 Å². The fourth-order valence-electron chi connectivity index (χ4n) is 1.92. The average molecular weight is 204 g/mol. The van der Waals surface area contributed by atoms with Crippen LogP contribution in [0.4, 0.5) is 0 Å². The van der Waals surface area contributed by atoms with Gasteiger partial charge in [0.1, 0.15) is 0 Å². The molecule has 1 heterocycles. The van der Waals surface area contributed by atoms with Crippen molar-refractivity contribution in [3.8, 4) is 0 Å². The topological polar surface area (TPSA) is 23.6 Å². The molecule has 3 nitrogen and oxygen atoms in total. The van der Waals surface area contributed by atoms with Crippen molar-refractivity contribution in [2.45, 2.75) is 6.42 Å². The number of rotatable bonds is 2.